The number of anilines is 2. The van der Waals surface area contributed by atoms with E-state index in [1.807, 2.05) is 36.4 Å². The van der Waals surface area contributed by atoms with Crippen LogP contribution in [0.5, 0.6) is 0 Å². The average molecular weight is 281 g/mol. The average Bonchev–Trinajstić information content (AvgIpc) is 2.53. The summed E-state index contributed by atoms with van der Waals surface area (Å²) < 4.78 is 0. The summed E-state index contributed by atoms with van der Waals surface area (Å²) in [6, 6.07) is 13.6. The normalized spacial score (nSPS) is 9.90. The van der Waals surface area contributed by atoms with Crippen molar-refractivity contribution in [2.45, 2.75) is 12.8 Å². The zero-order valence-corrected chi connectivity index (χ0v) is 11.9. The van der Waals surface area contributed by atoms with Crippen LogP contribution in [-0.2, 0) is 11.2 Å². The highest BCUT2D eigenvalue weighted by atomic mass is 16.1. The molecular formula is C17H19N3O. The molecule has 1 aromatic carbocycles. The van der Waals surface area contributed by atoms with Gasteiger partial charge < -0.3 is 10.6 Å². The van der Waals surface area contributed by atoms with Crippen LogP contribution in [0.2, 0.25) is 0 Å². The maximum Gasteiger partial charge on any atom is 0.225 e. The molecule has 1 amide bonds. The Labute approximate surface area is 124 Å². The van der Waals surface area contributed by atoms with Crippen LogP contribution < -0.4 is 10.6 Å². The summed E-state index contributed by atoms with van der Waals surface area (Å²) in [5, 5.41) is 5.93. The van der Waals surface area contributed by atoms with Gasteiger partial charge >= 0.3 is 0 Å². The van der Waals surface area contributed by atoms with Crippen molar-refractivity contribution in [3.05, 3.63) is 66.9 Å². The van der Waals surface area contributed by atoms with E-state index in [4.69, 9.17) is 0 Å². The van der Waals surface area contributed by atoms with Gasteiger partial charge in [-0.3, -0.25) is 4.79 Å². The number of pyridine rings is 1. The summed E-state index contributed by atoms with van der Waals surface area (Å²) in [4.78, 5) is 16.1. The number of amides is 1. The van der Waals surface area contributed by atoms with Crippen molar-refractivity contribution in [2.75, 3.05) is 17.2 Å². The lowest BCUT2D eigenvalue weighted by atomic mass is 10.1. The summed E-state index contributed by atoms with van der Waals surface area (Å²) >= 11 is 0. The van der Waals surface area contributed by atoms with Crippen LogP contribution in [0.4, 0.5) is 11.5 Å². The van der Waals surface area contributed by atoms with E-state index in [0.717, 1.165) is 17.7 Å². The van der Waals surface area contributed by atoms with Gasteiger partial charge in [0.05, 0.1) is 11.9 Å². The monoisotopic (exact) mass is 281 g/mol. The van der Waals surface area contributed by atoms with E-state index in [1.54, 1.807) is 18.3 Å². The lowest BCUT2D eigenvalue weighted by Crippen LogP contribution is -2.13. The van der Waals surface area contributed by atoms with Crippen molar-refractivity contribution in [3.63, 3.8) is 0 Å². The molecule has 0 spiro atoms. The number of aryl methyl sites for hydroxylation is 1. The maximum absolute atomic E-state index is 11.9. The predicted molar refractivity (Wildman–Crippen MR) is 86.3 cm³/mol. The fourth-order valence-electron chi connectivity index (χ4n) is 1.87. The second-order valence-electron chi connectivity index (χ2n) is 4.64. The van der Waals surface area contributed by atoms with Gasteiger partial charge in [-0.25, -0.2) is 4.98 Å². The molecule has 2 rings (SSSR count). The predicted octanol–water partition coefficient (Wildman–Crippen LogP) is 3.25. The number of hydrogen-bond donors (Lipinski definition) is 2. The second-order valence-corrected chi connectivity index (χ2v) is 4.64. The van der Waals surface area contributed by atoms with Gasteiger partial charge in [0.15, 0.2) is 0 Å². The highest BCUT2D eigenvalue weighted by Gasteiger charge is 2.04. The highest BCUT2D eigenvalue weighted by molar-refractivity contribution is 5.89. The van der Waals surface area contributed by atoms with Gasteiger partial charge in [0.25, 0.3) is 0 Å². The van der Waals surface area contributed by atoms with E-state index in [0.29, 0.717) is 18.8 Å². The number of nitrogens with zero attached hydrogens (tertiary/aromatic N) is 1. The van der Waals surface area contributed by atoms with Crippen LogP contribution in [0.3, 0.4) is 0 Å². The first-order valence-corrected chi connectivity index (χ1v) is 6.92. The standard InChI is InChI=1S/C17H19N3O/c1-2-12-18-15-9-10-16(19-13-15)20-17(21)11-8-14-6-4-3-5-7-14/h2-7,9-10,13,18H,1,8,11-12H2,(H,19,20,21). The second kappa shape index (κ2) is 7.85. The van der Waals surface area contributed by atoms with Crippen molar-refractivity contribution in [1.29, 1.82) is 0 Å². The van der Waals surface area contributed by atoms with E-state index >= 15 is 0 Å². The fraction of sp³-hybridized carbons (Fsp3) is 0.176. The van der Waals surface area contributed by atoms with Gasteiger partial charge in [0.2, 0.25) is 5.91 Å². The molecular weight excluding hydrogens is 262 g/mol. The first-order chi connectivity index (χ1) is 10.3. The highest BCUT2D eigenvalue weighted by Crippen LogP contribution is 2.10. The molecule has 0 radical (unpaired) electrons. The molecule has 0 aliphatic carbocycles. The summed E-state index contributed by atoms with van der Waals surface area (Å²) in [5.74, 6) is 0.537. The lowest BCUT2D eigenvalue weighted by molar-refractivity contribution is -0.116. The number of hydrogen-bond acceptors (Lipinski definition) is 3. The summed E-state index contributed by atoms with van der Waals surface area (Å²) in [7, 11) is 0. The van der Waals surface area contributed by atoms with Crippen molar-refractivity contribution in [1.82, 2.24) is 4.98 Å². The molecule has 0 bridgehead atoms. The third-order valence-corrected chi connectivity index (χ3v) is 2.97. The molecule has 0 aliphatic rings. The Bertz CT molecular complexity index is 579. The molecule has 2 aromatic rings. The molecule has 0 atom stereocenters. The van der Waals surface area contributed by atoms with Crippen LogP contribution in [0.25, 0.3) is 0 Å². The molecule has 21 heavy (non-hydrogen) atoms. The molecule has 0 unspecified atom stereocenters. The summed E-state index contributed by atoms with van der Waals surface area (Å²) in [6.45, 7) is 4.32. The first-order valence-electron chi connectivity index (χ1n) is 6.92. The van der Waals surface area contributed by atoms with Crippen LogP contribution in [-0.4, -0.2) is 17.4 Å². The largest absolute Gasteiger partial charge is 0.380 e. The minimum absolute atomic E-state index is 0.0295. The number of nitrogens with one attached hydrogen (secondary N) is 2. The topological polar surface area (TPSA) is 54.0 Å². The molecule has 1 heterocycles. The Kier molecular flexibility index (Phi) is 5.52. The van der Waals surface area contributed by atoms with Gasteiger partial charge in [0.1, 0.15) is 5.82 Å². The van der Waals surface area contributed by atoms with E-state index in [9.17, 15) is 4.79 Å². The third-order valence-electron chi connectivity index (χ3n) is 2.97. The lowest BCUT2D eigenvalue weighted by Gasteiger charge is -2.06. The number of rotatable bonds is 7. The number of aromatic nitrogens is 1. The van der Waals surface area contributed by atoms with Gasteiger partial charge in [0, 0.05) is 13.0 Å². The maximum atomic E-state index is 11.9. The Balaban J connectivity index is 1.80. The Morgan fingerprint density at radius 1 is 1.19 bits per heavy atom. The van der Waals surface area contributed by atoms with E-state index in [1.165, 1.54) is 0 Å². The van der Waals surface area contributed by atoms with Gasteiger partial charge in [-0.2, -0.15) is 0 Å². The number of carbonyl (C=O) groups excluding carboxylic acids is 1. The van der Waals surface area contributed by atoms with Crippen molar-refractivity contribution >= 4 is 17.4 Å². The molecule has 1 aromatic heterocycles. The molecule has 4 nitrogen and oxygen atoms in total. The zero-order valence-electron chi connectivity index (χ0n) is 11.9. The molecule has 0 saturated heterocycles. The van der Waals surface area contributed by atoms with Gasteiger partial charge in [-0.15, -0.1) is 6.58 Å². The van der Waals surface area contributed by atoms with E-state index in [2.05, 4.69) is 22.2 Å². The number of carbonyl (C=O) groups is 1. The summed E-state index contributed by atoms with van der Waals surface area (Å²) in [6.07, 6.45) is 4.64. The molecule has 2 N–H and O–H groups in total. The van der Waals surface area contributed by atoms with Crippen molar-refractivity contribution in [2.24, 2.45) is 0 Å². The minimum atomic E-state index is -0.0295. The van der Waals surface area contributed by atoms with Crippen molar-refractivity contribution < 1.29 is 4.79 Å². The van der Waals surface area contributed by atoms with E-state index < -0.39 is 0 Å². The quantitative estimate of drug-likeness (QED) is 0.766. The summed E-state index contributed by atoms with van der Waals surface area (Å²) in [5.41, 5.74) is 2.06. The van der Waals surface area contributed by atoms with Crippen LogP contribution in [0, 0.1) is 0 Å². The van der Waals surface area contributed by atoms with Crippen LogP contribution in [0.1, 0.15) is 12.0 Å². The Morgan fingerprint density at radius 3 is 2.67 bits per heavy atom. The van der Waals surface area contributed by atoms with Crippen LogP contribution >= 0.6 is 0 Å². The van der Waals surface area contributed by atoms with E-state index in [-0.39, 0.29) is 5.91 Å². The molecule has 0 fully saturated rings. The first kappa shape index (κ1) is 14.8. The zero-order chi connectivity index (χ0) is 14.9. The molecule has 108 valence electrons. The minimum Gasteiger partial charge on any atom is -0.380 e. The number of benzene rings is 1. The molecule has 0 aliphatic heterocycles. The molecule has 4 heteroatoms. The third kappa shape index (κ3) is 5.10. The van der Waals surface area contributed by atoms with Gasteiger partial charge in [-0.1, -0.05) is 36.4 Å². The fourth-order valence-corrected chi connectivity index (χ4v) is 1.87. The van der Waals surface area contributed by atoms with Crippen molar-refractivity contribution in [3.8, 4) is 0 Å². The SMILES string of the molecule is C=CCNc1ccc(NC(=O)CCc2ccccc2)nc1. The Morgan fingerprint density at radius 2 is 2.00 bits per heavy atom. The van der Waals surface area contributed by atoms with Gasteiger partial charge in [-0.05, 0) is 24.1 Å². The molecule has 0 saturated carbocycles. The van der Waals surface area contributed by atoms with Crippen LogP contribution in [0.15, 0.2) is 61.3 Å². The Hall–Kier alpha value is -2.62. The smallest absolute Gasteiger partial charge is 0.225 e.